The highest BCUT2D eigenvalue weighted by atomic mass is 16.5. The van der Waals surface area contributed by atoms with Gasteiger partial charge in [0.15, 0.2) is 0 Å². The van der Waals surface area contributed by atoms with Crippen LogP contribution in [0.1, 0.15) is 19.4 Å². The second-order valence-corrected chi connectivity index (χ2v) is 3.78. The van der Waals surface area contributed by atoms with E-state index in [4.69, 9.17) is 11.2 Å². The summed E-state index contributed by atoms with van der Waals surface area (Å²) in [6.45, 7) is 4.29. The second-order valence-electron chi connectivity index (χ2n) is 3.78. The summed E-state index contributed by atoms with van der Waals surface area (Å²) in [5.41, 5.74) is 0.681. The van der Waals surface area contributed by atoms with Crippen molar-refractivity contribution in [1.82, 2.24) is 0 Å². The fraction of sp³-hybridized carbons (Fsp3) is 0.286. The quantitative estimate of drug-likeness (QED) is 0.678. The first-order valence-electron chi connectivity index (χ1n) is 4.97. The van der Waals surface area contributed by atoms with Crippen LogP contribution in [-0.2, 0) is 4.74 Å². The summed E-state index contributed by atoms with van der Waals surface area (Å²) in [5.74, 6) is 2.58. The van der Waals surface area contributed by atoms with Crippen molar-refractivity contribution < 1.29 is 4.74 Å². The minimum Gasteiger partial charge on any atom is -0.359 e. The number of hydrogen-bond acceptors (Lipinski definition) is 1. The summed E-state index contributed by atoms with van der Waals surface area (Å²) >= 11 is 0. The molecule has 0 atom stereocenters. The van der Waals surface area contributed by atoms with E-state index in [1.807, 2.05) is 56.3 Å². The molecule has 0 aliphatic carbocycles. The Morgan fingerprint density at radius 3 is 2.60 bits per heavy atom. The average Bonchev–Trinajstić information content (AvgIpc) is 2.26. The number of rotatable bonds is 4. The summed E-state index contributed by atoms with van der Waals surface area (Å²) < 4.78 is 5.48. The van der Waals surface area contributed by atoms with E-state index in [2.05, 4.69) is 5.92 Å². The Balaban J connectivity index is 2.39. The molecule has 0 saturated heterocycles. The second kappa shape index (κ2) is 5.38. The molecule has 0 aliphatic heterocycles. The van der Waals surface area contributed by atoms with E-state index in [0.29, 0.717) is 6.61 Å². The fourth-order valence-corrected chi connectivity index (χ4v) is 1.05. The van der Waals surface area contributed by atoms with Crippen LogP contribution >= 0.6 is 0 Å². The number of terminal acetylenes is 1. The molecule has 0 saturated carbocycles. The maximum atomic E-state index is 5.48. The monoisotopic (exact) mass is 200 g/mol. The molecule has 1 aromatic rings. The molecule has 0 fully saturated rings. The standard InChI is InChI=1S/C14H16O/c1-4-14(2,3)15-12-8-11-13-9-6-5-7-10-13/h1,5-11H,12H2,2-3H3/b11-8+. The molecule has 0 unspecified atom stereocenters. The molecule has 1 aromatic carbocycles. The van der Waals surface area contributed by atoms with Gasteiger partial charge in [-0.25, -0.2) is 0 Å². The van der Waals surface area contributed by atoms with Gasteiger partial charge in [0.05, 0.1) is 6.61 Å². The maximum absolute atomic E-state index is 5.48. The average molecular weight is 200 g/mol. The van der Waals surface area contributed by atoms with Gasteiger partial charge in [0.25, 0.3) is 0 Å². The molecule has 0 bridgehead atoms. The normalized spacial score (nSPS) is 11.5. The van der Waals surface area contributed by atoms with Crippen molar-refractivity contribution in [2.75, 3.05) is 6.61 Å². The van der Waals surface area contributed by atoms with Gasteiger partial charge >= 0.3 is 0 Å². The summed E-state index contributed by atoms with van der Waals surface area (Å²) in [6, 6.07) is 10.1. The topological polar surface area (TPSA) is 9.23 Å². The van der Waals surface area contributed by atoms with E-state index in [1.165, 1.54) is 5.56 Å². The molecule has 15 heavy (non-hydrogen) atoms. The van der Waals surface area contributed by atoms with Crippen LogP contribution in [0.3, 0.4) is 0 Å². The van der Waals surface area contributed by atoms with Gasteiger partial charge in [0.2, 0.25) is 0 Å². The summed E-state index contributed by atoms with van der Waals surface area (Å²) in [4.78, 5) is 0. The van der Waals surface area contributed by atoms with Gasteiger partial charge in [-0.15, -0.1) is 6.42 Å². The van der Waals surface area contributed by atoms with E-state index in [1.54, 1.807) is 0 Å². The molecular weight excluding hydrogens is 184 g/mol. The van der Waals surface area contributed by atoms with Gasteiger partial charge in [-0.05, 0) is 19.4 Å². The molecule has 0 heterocycles. The van der Waals surface area contributed by atoms with Crippen molar-refractivity contribution in [2.24, 2.45) is 0 Å². The van der Waals surface area contributed by atoms with E-state index < -0.39 is 5.60 Å². The first-order valence-corrected chi connectivity index (χ1v) is 4.97. The molecule has 1 rings (SSSR count). The van der Waals surface area contributed by atoms with Crippen LogP contribution in [-0.4, -0.2) is 12.2 Å². The van der Waals surface area contributed by atoms with Gasteiger partial charge < -0.3 is 4.74 Å². The smallest absolute Gasteiger partial charge is 0.123 e. The molecule has 0 amide bonds. The Bertz CT molecular complexity index is 355. The zero-order valence-electron chi connectivity index (χ0n) is 9.23. The number of ether oxygens (including phenoxy) is 1. The molecule has 1 heteroatoms. The molecule has 78 valence electrons. The highest BCUT2D eigenvalue weighted by Crippen LogP contribution is 2.07. The van der Waals surface area contributed by atoms with Crippen molar-refractivity contribution in [3.8, 4) is 12.3 Å². The SMILES string of the molecule is C#CC(C)(C)OC/C=C/c1ccccc1. The zero-order valence-corrected chi connectivity index (χ0v) is 9.23. The predicted octanol–water partition coefficient (Wildman–Crippen LogP) is 3.13. The lowest BCUT2D eigenvalue weighted by Crippen LogP contribution is -2.21. The van der Waals surface area contributed by atoms with Crippen LogP contribution in [0.5, 0.6) is 0 Å². The van der Waals surface area contributed by atoms with E-state index >= 15 is 0 Å². The third-order valence-electron chi connectivity index (χ3n) is 2.00. The third-order valence-corrected chi connectivity index (χ3v) is 2.00. The number of benzene rings is 1. The lowest BCUT2D eigenvalue weighted by atomic mass is 10.1. The molecule has 0 spiro atoms. The van der Waals surface area contributed by atoms with Crippen LogP contribution in [0.2, 0.25) is 0 Å². The molecular formula is C14H16O. The van der Waals surface area contributed by atoms with Crippen molar-refractivity contribution in [3.63, 3.8) is 0 Å². The van der Waals surface area contributed by atoms with Gasteiger partial charge in [-0.1, -0.05) is 48.4 Å². The Hall–Kier alpha value is -1.52. The van der Waals surface area contributed by atoms with E-state index in [9.17, 15) is 0 Å². The predicted molar refractivity (Wildman–Crippen MR) is 64.3 cm³/mol. The van der Waals surface area contributed by atoms with Crippen LogP contribution in [0.4, 0.5) is 0 Å². The molecule has 0 N–H and O–H groups in total. The first kappa shape index (κ1) is 11.6. The largest absolute Gasteiger partial charge is 0.359 e. The van der Waals surface area contributed by atoms with Crippen molar-refractivity contribution in [1.29, 1.82) is 0 Å². The summed E-state index contributed by atoms with van der Waals surface area (Å²) in [6.07, 6.45) is 9.29. The lowest BCUT2D eigenvalue weighted by Gasteiger charge is -2.16. The van der Waals surface area contributed by atoms with Gasteiger partial charge in [0.1, 0.15) is 5.60 Å². The van der Waals surface area contributed by atoms with Gasteiger partial charge in [-0.2, -0.15) is 0 Å². The number of hydrogen-bond donors (Lipinski definition) is 0. The zero-order chi connectivity index (χ0) is 11.1. The maximum Gasteiger partial charge on any atom is 0.123 e. The van der Waals surface area contributed by atoms with Gasteiger partial charge in [-0.3, -0.25) is 0 Å². The van der Waals surface area contributed by atoms with Crippen molar-refractivity contribution in [3.05, 3.63) is 42.0 Å². The Morgan fingerprint density at radius 1 is 1.33 bits per heavy atom. The van der Waals surface area contributed by atoms with Crippen LogP contribution < -0.4 is 0 Å². The minimum absolute atomic E-state index is 0.485. The Kier molecular flexibility index (Phi) is 4.15. The molecule has 0 aromatic heterocycles. The fourth-order valence-electron chi connectivity index (χ4n) is 1.05. The molecule has 0 radical (unpaired) electrons. The minimum atomic E-state index is -0.485. The van der Waals surface area contributed by atoms with E-state index in [-0.39, 0.29) is 0 Å². The first-order chi connectivity index (χ1) is 7.14. The van der Waals surface area contributed by atoms with Crippen LogP contribution in [0, 0.1) is 12.3 Å². The lowest BCUT2D eigenvalue weighted by molar-refractivity contribution is 0.0473. The molecule has 1 nitrogen and oxygen atoms in total. The van der Waals surface area contributed by atoms with Crippen LogP contribution in [0.25, 0.3) is 6.08 Å². The van der Waals surface area contributed by atoms with Crippen molar-refractivity contribution in [2.45, 2.75) is 19.4 Å². The highest BCUT2D eigenvalue weighted by Gasteiger charge is 2.11. The van der Waals surface area contributed by atoms with Crippen molar-refractivity contribution >= 4 is 6.08 Å². The van der Waals surface area contributed by atoms with Crippen LogP contribution in [0.15, 0.2) is 36.4 Å². The van der Waals surface area contributed by atoms with Gasteiger partial charge in [0, 0.05) is 0 Å². The summed E-state index contributed by atoms with van der Waals surface area (Å²) in [7, 11) is 0. The Labute approximate surface area is 91.8 Å². The Morgan fingerprint density at radius 2 is 2.00 bits per heavy atom. The summed E-state index contributed by atoms with van der Waals surface area (Å²) in [5, 5.41) is 0. The molecule has 0 aliphatic rings. The highest BCUT2D eigenvalue weighted by molar-refractivity contribution is 5.48. The third kappa shape index (κ3) is 4.49. The van der Waals surface area contributed by atoms with E-state index in [0.717, 1.165) is 0 Å².